The predicted molar refractivity (Wildman–Crippen MR) is 65.9 cm³/mol. The van der Waals surface area contributed by atoms with Gasteiger partial charge in [0.1, 0.15) is 0 Å². The molecule has 1 amide bonds. The molecule has 1 aromatic rings. The molecule has 0 spiro atoms. The molecule has 0 bridgehead atoms. The van der Waals surface area contributed by atoms with Crippen LogP contribution in [0.4, 0.5) is 0 Å². The van der Waals surface area contributed by atoms with Crippen LogP contribution >= 0.6 is 0 Å². The van der Waals surface area contributed by atoms with Gasteiger partial charge in [0.05, 0.1) is 6.04 Å². The minimum absolute atomic E-state index is 0.00533. The zero-order valence-electron chi connectivity index (χ0n) is 10.2. The van der Waals surface area contributed by atoms with Crippen molar-refractivity contribution in [2.24, 2.45) is 5.73 Å². The SMILES string of the molecule is CCN(Cc1ccccc1C)C(=O)C(C)N. The number of aryl methyl sites for hydroxylation is 1. The third-order valence-corrected chi connectivity index (χ3v) is 2.71. The van der Waals surface area contributed by atoms with Crippen LogP contribution in [0.1, 0.15) is 25.0 Å². The highest BCUT2D eigenvalue weighted by molar-refractivity contribution is 5.81. The van der Waals surface area contributed by atoms with Crippen molar-refractivity contribution in [3.8, 4) is 0 Å². The summed E-state index contributed by atoms with van der Waals surface area (Å²) in [5.74, 6) is 0.00533. The smallest absolute Gasteiger partial charge is 0.239 e. The number of rotatable bonds is 4. The van der Waals surface area contributed by atoms with Crippen LogP contribution in [0.5, 0.6) is 0 Å². The van der Waals surface area contributed by atoms with Crippen LogP contribution in [0, 0.1) is 6.92 Å². The molecule has 1 atom stereocenters. The van der Waals surface area contributed by atoms with Gasteiger partial charge in [0.25, 0.3) is 0 Å². The van der Waals surface area contributed by atoms with E-state index in [0.717, 1.165) is 0 Å². The molecule has 0 aromatic heterocycles. The van der Waals surface area contributed by atoms with Gasteiger partial charge in [-0.2, -0.15) is 0 Å². The Morgan fingerprint density at radius 3 is 2.56 bits per heavy atom. The van der Waals surface area contributed by atoms with E-state index in [9.17, 15) is 4.79 Å². The zero-order valence-corrected chi connectivity index (χ0v) is 10.2. The maximum atomic E-state index is 11.8. The minimum atomic E-state index is -0.427. The Balaban J connectivity index is 2.78. The number of carbonyl (C=O) groups excluding carboxylic acids is 1. The fourth-order valence-electron chi connectivity index (χ4n) is 1.63. The summed E-state index contributed by atoms with van der Waals surface area (Å²) in [6.07, 6.45) is 0. The number of likely N-dealkylation sites (N-methyl/N-ethyl adjacent to an activating group) is 1. The van der Waals surface area contributed by atoms with Gasteiger partial charge in [-0.15, -0.1) is 0 Å². The van der Waals surface area contributed by atoms with Crippen LogP contribution in [0.15, 0.2) is 24.3 Å². The fraction of sp³-hybridized carbons (Fsp3) is 0.462. The molecule has 3 nitrogen and oxygen atoms in total. The molecule has 1 aromatic carbocycles. The first-order valence-electron chi connectivity index (χ1n) is 5.65. The molecule has 0 radical (unpaired) electrons. The lowest BCUT2D eigenvalue weighted by atomic mass is 10.1. The lowest BCUT2D eigenvalue weighted by Crippen LogP contribution is -2.41. The van der Waals surface area contributed by atoms with E-state index < -0.39 is 6.04 Å². The molecule has 0 heterocycles. The molecule has 0 fully saturated rings. The van der Waals surface area contributed by atoms with Gasteiger partial charge in [-0.1, -0.05) is 24.3 Å². The van der Waals surface area contributed by atoms with E-state index in [0.29, 0.717) is 13.1 Å². The van der Waals surface area contributed by atoms with E-state index >= 15 is 0 Å². The Kier molecular flexibility index (Phi) is 4.50. The summed E-state index contributed by atoms with van der Waals surface area (Å²) in [6, 6.07) is 7.67. The summed E-state index contributed by atoms with van der Waals surface area (Å²) in [6.45, 7) is 7.08. The fourth-order valence-corrected chi connectivity index (χ4v) is 1.63. The molecule has 0 aliphatic carbocycles. The van der Waals surface area contributed by atoms with Gasteiger partial charge in [0, 0.05) is 13.1 Å². The Labute approximate surface area is 97.2 Å². The number of benzene rings is 1. The Morgan fingerprint density at radius 2 is 2.06 bits per heavy atom. The molecule has 88 valence electrons. The largest absolute Gasteiger partial charge is 0.337 e. The molecule has 3 heteroatoms. The number of nitrogens with two attached hydrogens (primary N) is 1. The standard InChI is InChI=1S/C13H20N2O/c1-4-15(13(16)11(3)14)9-12-8-6-5-7-10(12)2/h5-8,11H,4,9,14H2,1-3H3. The molecule has 1 unspecified atom stereocenters. The number of hydrogen-bond donors (Lipinski definition) is 1. The van der Waals surface area contributed by atoms with Crippen LogP contribution in [0.3, 0.4) is 0 Å². The lowest BCUT2D eigenvalue weighted by Gasteiger charge is -2.23. The normalized spacial score (nSPS) is 12.2. The number of carbonyl (C=O) groups is 1. The van der Waals surface area contributed by atoms with E-state index in [1.54, 1.807) is 11.8 Å². The monoisotopic (exact) mass is 220 g/mol. The summed E-state index contributed by atoms with van der Waals surface area (Å²) in [7, 11) is 0. The van der Waals surface area contributed by atoms with Crippen molar-refractivity contribution in [3.63, 3.8) is 0 Å². The van der Waals surface area contributed by atoms with Crippen LogP contribution in [0.25, 0.3) is 0 Å². The first-order chi connectivity index (χ1) is 7.56. The molecule has 0 aliphatic heterocycles. The molecule has 0 saturated heterocycles. The maximum Gasteiger partial charge on any atom is 0.239 e. The average Bonchev–Trinajstić information content (AvgIpc) is 2.27. The van der Waals surface area contributed by atoms with Crippen molar-refractivity contribution in [1.82, 2.24) is 4.90 Å². The summed E-state index contributed by atoms with van der Waals surface area (Å²) in [5, 5.41) is 0. The number of amides is 1. The van der Waals surface area contributed by atoms with Gasteiger partial charge in [-0.25, -0.2) is 0 Å². The third kappa shape index (κ3) is 3.07. The highest BCUT2D eigenvalue weighted by atomic mass is 16.2. The first kappa shape index (κ1) is 12.7. The highest BCUT2D eigenvalue weighted by Crippen LogP contribution is 2.10. The van der Waals surface area contributed by atoms with Crippen molar-refractivity contribution < 1.29 is 4.79 Å². The topological polar surface area (TPSA) is 46.3 Å². The summed E-state index contributed by atoms with van der Waals surface area (Å²) < 4.78 is 0. The van der Waals surface area contributed by atoms with Gasteiger partial charge in [0.15, 0.2) is 0 Å². The molecule has 2 N–H and O–H groups in total. The average molecular weight is 220 g/mol. The second-order valence-corrected chi connectivity index (χ2v) is 4.07. The Hall–Kier alpha value is -1.35. The van der Waals surface area contributed by atoms with E-state index in [-0.39, 0.29) is 5.91 Å². The second-order valence-electron chi connectivity index (χ2n) is 4.07. The maximum absolute atomic E-state index is 11.8. The molecule has 0 saturated carbocycles. The van der Waals surface area contributed by atoms with Gasteiger partial charge in [-0.3, -0.25) is 4.79 Å². The molecule has 0 aliphatic rings. The minimum Gasteiger partial charge on any atom is -0.337 e. The Morgan fingerprint density at radius 1 is 1.44 bits per heavy atom. The van der Waals surface area contributed by atoms with Crippen LogP contribution in [-0.4, -0.2) is 23.4 Å². The van der Waals surface area contributed by atoms with Crippen LogP contribution in [0.2, 0.25) is 0 Å². The van der Waals surface area contributed by atoms with Gasteiger partial charge in [-0.05, 0) is 31.9 Å². The van der Waals surface area contributed by atoms with E-state index in [2.05, 4.69) is 13.0 Å². The second kappa shape index (κ2) is 5.66. The van der Waals surface area contributed by atoms with Crippen LogP contribution < -0.4 is 5.73 Å². The molecule has 16 heavy (non-hydrogen) atoms. The molecular formula is C13H20N2O. The number of hydrogen-bond acceptors (Lipinski definition) is 2. The Bertz CT molecular complexity index is 361. The van der Waals surface area contributed by atoms with E-state index in [1.165, 1.54) is 11.1 Å². The molecule has 1 rings (SSSR count). The van der Waals surface area contributed by atoms with Crippen molar-refractivity contribution in [1.29, 1.82) is 0 Å². The lowest BCUT2D eigenvalue weighted by molar-refractivity contribution is -0.132. The van der Waals surface area contributed by atoms with Crippen LogP contribution in [-0.2, 0) is 11.3 Å². The van der Waals surface area contributed by atoms with Crippen molar-refractivity contribution in [2.45, 2.75) is 33.4 Å². The van der Waals surface area contributed by atoms with Crippen molar-refractivity contribution >= 4 is 5.91 Å². The van der Waals surface area contributed by atoms with Gasteiger partial charge < -0.3 is 10.6 Å². The van der Waals surface area contributed by atoms with Gasteiger partial charge >= 0.3 is 0 Å². The summed E-state index contributed by atoms with van der Waals surface area (Å²) in [4.78, 5) is 13.6. The first-order valence-corrected chi connectivity index (χ1v) is 5.65. The predicted octanol–water partition coefficient (Wildman–Crippen LogP) is 1.69. The van der Waals surface area contributed by atoms with Gasteiger partial charge in [0.2, 0.25) is 5.91 Å². The zero-order chi connectivity index (χ0) is 12.1. The van der Waals surface area contributed by atoms with Crippen molar-refractivity contribution in [2.75, 3.05) is 6.54 Å². The van der Waals surface area contributed by atoms with E-state index in [1.807, 2.05) is 25.1 Å². The quantitative estimate of drug-likeness (QED) is 0.839. The highest BCUT2D eigenvalue weighted by Gasteiger charge is 2.16. The van der Waals surface area contributed by atoms with Crippen molar-refractivity contribution in [3.05, 3.63) is 35.4 Å². The molecular weight excluding hydrogens is 200 g/mol. The third-order valence-electron chi connectivity index (χ3n) is 2.71. The number of nitrogens with zero attached hydrogens (tertiary/aromatic N) is 1. The van der Waals surface area contributed by atoms with E-state index in [4.69, 9.17) is 5.73 Å². The summed E-state index contributed by atoms with van der Waals surface area (Å²) >= 11 is 0. The summed E-state index contributed by atoms with van der Waals surface area (Å²) in [5.41, 5.74) is 8.00.